The summed E-state index contributed by atoms with van der Waals surface area (Å²) < 4.78 is 10.7. The Kier molecular flexibility index (Phi) is 5.08. The zero-order valence-electron chi connectivity index (χ0n) is 15.2. The number of aromatic nitrogens is 1. The summed E-state index contributed by atoms with van der Waals surface area (Å²) in [5.74, 6) is 1.20. The van der Waals surface area contributed by atoms with Crippen LogP contribution >= 0.6 is 11.3 Å². The van der Waals surface area contributed by atoms with Crippen molar-refractivity contribution in [3.05, 3.63) is 59.0 Å². The number of anilines is 1. The number of fused-ring (bicyclic) bond motifs is 1. The van der Waals surface area contributed by atoms with Crippen molar-refractivity contribution in [1.29, 1.82) is 0 Å². The number of aryl methyl sites for hydroxylation is 1. The van der Waals surface area contributed by atoms with Crippen LogP contribution in [0.3, 0.4) is 0 Å². The fourth-order valence-electron chi connectivity index (χ4n) is 2.94. The van der Waals surface area contributed by atoms with Gasteiger partial charge in [-0.15, -0.1) is 0 Å². The normalized spacial score (nSPS) is 12.0. The number of ether oxygens (including phenoxy) is 2. The van der Waals surface area contributed by atoms with Gasteiger partial charge in [-0.3, -0.25) is 9.59 Å². The first-order chi connectivity index (χ1) is 13.6. The minimum absolute atomic E-state index is 0.0720. The van der Waals surface area contributed by atoms with E-state index in [4.69, 9.17) is 9.47 Å². The average molecular weight is 394 g/mol. The Labute approximate surface area is 166 Å². The van der Waals surface area contributed by atoms with Gasteiger partial charge in [0.05, 0.1) is 10.6 Å². The van der Waals surface area contributed by atoms with Gasteiger partial charge in [0.2, 0.25) is 12.7 Å². The Morgan fingerprint density at radius 2 is 1.89 bits per heavy atom. The number of carbonyl (C=O) groups excluding carboxylic acids is 2. The lowest BCUT2D eigenvalue weighted by Crippen LogP contribution is -2.12. The first kappa shape index (κ1) is 18.2. The monoisotopic (exact) mass is 394 g/mol. The van der Waals surface area contributed by atoms with Gasteiger partial charge in [0.25, 0.3) is 0 Å². The smallest absolute Gasteiger partial charge is 0.231 e. The molecule has 0 spiro atoms. The number of carbonyl (C=O) groups is 2. The summed E-state index contributed by atoms with van der Waals surface area (Å²) >= 11 is 1.20. The molecule has 2 heterocycles. The largest absolute Gasteiger partial charge is 0.454 e. The topological polar surface area (TPSA) is 77.5 Å². The maximum atomic E-state index is 12.4. The molecule has 0 atom stereocenters. The molecule has 0 saturated carbocycles. The van der Waals surface area contributed by atoms with E-state index in [0.717, 1.165) is 16.9 Å². The maximum Gasteiger partial charge on any atom is 0.231 e. The molecule has 0 bridgehead atoms. The lowest BCUT2D eigenvalue weighted by molar-refractivity contribution is -0.116. The Morgan fingerprint density at radius 1 is 1.11 bits per heavy atom. The van der Waals surface area contributed by atoms with E-state index in [1.165, 1.54) is 18.3 Å². The minimum Gasteiger partial charge on any atom is -0.454 e. The first-order valence-electron chi connectivity index (χ1n) is 8.86. The summed E-state index contributed by atoms with van der Waals surface area (Å²) in [6.45, 7) is 1.73. The molecular formula is C21H18N2O4S. The van der Waals surface area contributed by atoms with Crippen molar-refractivity contribution in [3.8, 4) is 22.8 Å². The van der Waals surface area contributed by atoms with E-state index in [1.54, 1.807) is 0 Å². The van der Waals surface area contributed by atoms with E-state index >= 15 is 0 Å². The number of benzene rings is 2. The van der Waals surface area contributed by atoms with Crippen LogP contribution in [0.2, 0.25) is 0 Å². The highest BCUT2D eigenvalue weighted by Gasteiger charge is 2.18. The number of nitrogens with one attached hydrogen (secondary N) is 1. The lowest BCUT2D eigenvalue weighted by atomic mass is 10.1. The molecule has 1 aromatic heterocycles. The Bertz CT molecular complexity index is 1030. The molecule has 3 aromatic rings. The molecule has 1 amide bonds. The van der Waals surface area contributed by atoms with E-state index in [1.807, 2.05) is 48.5 Å². The van der Waals surface area contributed by atoms with Crippen LogP contribution in [0.15, 0.2) is 48.5 Å². The number of nitrogens with zero attached hydrogens (tertiary/aromatic N) is 1. The van der Waals surface area contributed by atoms with E-state index in [0.29, 0.717) is 34.3 Å². The van der Waals surface area contributed by atoms with Gasteiger partial charge in [0.1, 0.15) is 0 Å². The van der Waals surface area contributed by atoms with Crippen LogP contribution in [0.4, 0.5) is 5.13 Å². The standard InChI is InChI=1S/C21H18N2O4S/c1-13(24)20-19(15-5-3-2-4-6-15)23-21(28-20)22-18(25)10-8-14-7-9-16-17(11-14)27-12-26-16/h2-7,9,11H,8,10,12H2,1H3,(H,22,23,25). The second-order valence-electron chi connectivity index (χ2n) is 6.35. The van der Waals surface area contributed by atoms with Gasteiger partial charge < -0.3 is 14.8 Å². The van der Waals surface area contributed by atoms with Crippen LogP contribution in [0.25, 0.3) is 11.3 Å². The van der Waals surface area contributed by atoms with Gasteiger partial charge in [-0.25, -0.2) is 4.98 Å². The molecule has 0 fully saturated rings. The lowest BCUT2D eigenvalue weighted by Gasteiger charge is -2.03. The van der Waals surface area contributed by atoms with Crippen molar-refractivity contribution < 1.29 is 19.1 Å². The molecule has 0 unspecified atom stereocenters. The predicted molar refractivity (Wildman–Crippen MR) is 107 cm³/mol. The maximum absolute atomic E-state index is 12.4. The summed E-state index contributed by atoms with van der Waals surface area (Å²) in [6, 6.07) is 15.1. The van der Waals surface area contributed by atoms with Gasteiger partial charge in [-0.1, -0.05) is 47.7 Å². The summed E-state index contributed by atoms with van der Waals surface area (Å²) in [4.78, 5) is 29.4. The third-order valence-corrected chi connectivity index (χ3v) is 5.39. The molecule has 28 heavy (non-hydrogen) atoms. The third-order valence-electron chi connectivity index (χ3n) is 4.32. The molecule has 142 valence electrons. The fraction of sp³-hybridized carbons (Fsp3) is 0.190. The number of hydrogen-bond donors (Lipinski definition) is 1. The fourth-order valence-corrected chi connectivity index (χ4v) is 3.84. The van der Waals surface area contributed by atoms with Gasteiger partial charge in [0, 0.05) is 18.9 Å². The molecule has 0 aliphatic carbocycles. The SMILES string of the molecule is CC(=O)c1sc(NC(=O)CCc2ccc3c(c2)OCO3)nc1-c1ccccc1. The Hall–Kier alpha value is -3.19. The van der Waals surface area contributed by atoms with Crippen molar-refractivity contribution >= 4 is 28.2 Å². The van der Waals surface area contributed by atoms with E-state index in [2.05, 4.69) is 10.3 Å². The van der Waals surface area contributed by atoms with Crippen molar-refractivity contribution in [2.45, 2.75) is 19.8 Å². The van der Waals surface area contributed by atoms with Gasteiger partial charge in [-0.2, -0.15) is 0 Å². The van der Waals surface area contributed by atoms with E-state index < -0.39 is 0 Å². The number of rotatable bonds is 6. The minimum atomic E-state index is -0.152. The zero-order chi connectivity index (χ0) is 19.5. The van der Waals surface area contributed by atoms with Crippen molar-refractivity contribution in [2.24, 2.45) is 0 Å². The van der Waals surface area contributed by atoms with Gasteiger partial charge in [-0.05, 0) is 24.1 Å². The number of thiazole rings is 1. The number of hydrogen-bond acceptors (Lipinski definition) is 6. The Balaban J connectivity index is 1.44. The van der Waals surface area contributed by atoms with Crippen LogP contribution < -0.4 is 14.8 Å². The van der Waals surface area contributed by atoms with Crippen LogP contribution in [-0.2, 0) is 11.2 Å². The highest BCUT2D eigenvalue weighted by molar-refractivity contribution is 7.18. The zero-order valence-corrected chi connectivity index (χ0v) is 16.0. The molecule has 7 heteroatoms. The summed E-state index contributed by atoms with van der Waals surface area (Å²) in [5, 5.41) is 3.24. The van der Waals surface area contributed by atoms with Crippen LogP contribution in [-0.4, -0.2) is 23.5 Å². The molecule has 1 N–H and O–H groups in total. The van der Waals surface area contributed by atoms with Gasteiger partial charge >= 0.3 is 0 Å². The molecule has 1 aliphatic heterocycles. The Morgan fingerprint density at radius 3 is 2.68 bits per heavy atom. The molecule has 4 rings (SSSR count). The van der Waals surface area contributed by atoms with Crippen LogP contribution in [0.5, 0.6) is 11.5 Å². The van der Waals surface area contributed by atoms with Crippen molar-refractivity contribution in [1.82, 2.24) is 4.98 Å². The summed E-state index contributed by atoms with van der Waals surface area (Å²) in [6.07, 6.45) is 0.869. The predicted octanol–water partition coefficient (Wildman–Crippen LogP) is 4.31. The summed E-state index contributed by atoms with van der Waals surface area (Å²) in [7, 11) is 0. The van der Waals surface area contributed by atoms with Crippen LogP contribution in [0, 0.1) is 0 Å². The van der Waals surface area contributed by atoms with Crippen molar-refractivity contribution in [3.63, 3.8) is 0 Å². The van der Waals surface area contributed by atoms with Crippen LogP contribution in [0.1, 0.15) is 28.6 Å². The molecule has 1 aliphatic rings. The van der Waals surface area contributed by atoms with E-state index in [-0.39, 0.29) is 18.5 Å². The number of ketones is 1. The molecule has 0 saturated heterocycles. The third kappa shape index (κ3) is 3.89. The quantitative estimate of drug-likeness (QED) is 0.630. The highest BCUT2D eigenvalue weighted by atomic mass is 32.1. The molecular weight excluding hydrogens is 376 g/mol. The number of amides is 1. The summed E-state index contributed by atoms with van der Waals surface area (Å²) in [5.41, 5.74) is 2.45. The highest BCUT2D eigenvalue weighted by Crippen LogP contribution is 2.33. The average Bonchev–Trinajstić information content (AvgIpc) is 3.33. The first-order valence-corrected chi connectivity index (χ1v) is 9.67. The molecule has 2 aromatic carbocycles. The van der Waals surface area contributed by atoms with Gasteiger partial charge in [0.15, 0.2) is 22.4 Å². The number of Topliss-reactive ketones (excluding diaryl/α,β-unsaturated/α-hetero) is 1. The van der Waals surface area contributed by atoms with E-state index in [9.17, 15) is 9.59 Å². The second kappa shape index (κ2) is 7.82. The second-order valence-corrected chi connectivity index (χ2v) is 7.35. The van der Waals surface area contributed by atoms with Crippen molar-refractivity contribution in [2.75, 3.05) is 12.1 Å². The molecule has 0 radical (unpaired) electrons. The molecule has 6 nitrogen and oxygen atoms in total.